The van der Waals surface area contributed by atoms with Gasteiger partial charge >= 0.3 is 0 Å². The van der Waals surface area contributed by atoms with Crippen LogP contribution in [0.3, 0.4) is 0 Å². The number of nitrogens with zero attached hydrogens (tertiary/aromatic N) is 2. The van der Waals surface area contributed by atoms with Crippen molar-refractivity contribution in [2.75, 3.05) is 33.8 Å². The molecule has 1 rings (SSSR count). The van der Waals surface area contributed by atoms with E-state index in [0.717, 1.165) is 13.1 Å². The van der Waals surface area contributed by atoms with Gasteiger partial charge in [0, 0.05) is 33.8 Å². The molecule has 0 aliphatic carbocycles. The Kier molecular flexibility index (Phi) is 3.30. The van der Waals surface area contributed by atoms with Crippen LogP contribution in [0, 0.1) is 5.92 Å². The van der Waals surface area contributed by atoms with Gasteiger partial charge in [0.05, 0.1) is 0 Å². The number of aliphatic hydroxyl groups excluding tert-OH is 1. The highest BCUT2D eigenvalue weighted by Gasteiger charge is 2.19. The number of hydrogen-bond donors (Lipinski definition) is 1. The van der Waals surface area contributed by atoms with E-state index in [2.05, 4.69) is 24.1 Å². The fraction of sp³-hybridized carbons (Fsp3) is 1.00. The number of hydrazine groups is 1. The first-order valence-corrected chi connectivity index (χ1v) is 4.27. The van der Waals surface area contributed by atoms with Crippen molar-refractivity contribution in [3.8, 4) is 0 Å². The van der Waals surface area contributed by atoms with Crippen molar-refractivity contribution in [1.29, 1.82) is 0 Å². The molecule has 1 aliphatic heterocycles. The molecule has 1 aliphatic rings. The molecule has 0 amide bonds. The van der Waals surface area contributed by atoms with E-state index in [-0.39, 0.29) is 0 Å². The number of hydrogen-bond acceptors (Lipinski definition) is 3. The monoisotopic (exact) mass is 158 g/mol. The summed E-state index contributed by atoms with van der Waals surface area (Å²) in [5, 5.41) is 13.3. The lowest BCUT2D eigenvalue weighted by atomic mass is 10.0. The Morgan fingerprint density at radius 1 is 1.55 bits per heavy atom. The van der Waals surface area contributed by atoms with Gasteiger partial charge in [0.15, 0.2) is 0 Å². The van der Waals surface area contributed by atoms with E-state index >= 15 is 0 Å². The lowest BCUT2D eigenvalue weighted by molar-refractivity contribution is -0.0236. The summed E-state index contributed by atoms with van der Waals surface area (Å²) in [6, 6.07) is 0. The van der Waals surface area contributed by atoms with Gasteiger partial charge in [-0.05, 0) is 18.8 Å². The third kappa shape index (κ3) is 2.43. The van der Waals surface area contributed by atoms with Crippen LogP contribution in [-0.4, -0.2) is 48.9 Å². The van der Waals surface area contributed by atoms with Crippen LogP contribution in [0.25, 0.3) is 0 Å². The van der Waals surface area contributed by atoms with E-state index in [4.69, 9.17) is 5.11 Å². The number of aliphatic hydroxyl groups is 1. The van der Waals surface area contributed by atoms with Crippen molar-refractivity contribution in [3.63, 3.8) is 0 Å². The van der Waals surface area contributed by atoms with Gasteiger partial charge in [-0.1, -0.05) is 0 Å². The van der Waals surface area contributed by atoms with Crippen LogP contribution in [0.2, 0.25) is 0 Å². The highest BCUT2D eigenvalue weighted by molar-refractivity contribution is 4.69. The standard InChI is InChI=1S/C8H18N2O/c1-9(2)10-5-3-4-8(6-10)7-11/h8,11H,3-7H2,1-2H3/t8-/m1/s1. The van der Waals surface area contributed by atoms with Gasteiger partial charge in [0.1, 0.15) is 0 Å². The Balaban J connectivity index is 2.33. The maximum absolute atomic E-state index is 8.95. The summed E-state index contributed by atoms with van der Waals surface area (Å²) in [6.45, 7) is 2.50. The van der Waals surface area contributed by atoms with Gasteiger partial charge in [-0.2, -0.15) is 0 Å². The van der Waals surface area contributed by atoms with Gasteiger partial charge in [-0.15, -0.1) is 0 Å². The molecule has 1 heterocycles. The second-order valence-electron chi connectivity index (χ2n) is 3.45. The van der Waals surface area contributed by atoms with Crippen molar-refractivity contribution >= 4 is 0 Å². The average Bonchev–Trinajstić information content (AvgIpc) is 2.05. The van der Waals surface area contributed by atoms with E-state index in [0.29, 0.717) is 12.5 Å². The zero-order valence-electron chi connectivity index (χ0n) is 7.45. The third-order valence-corrected chi connectivity index (χ3v) is 2.32. The first-order chi connectivity index (χ1) is 5.24. The molecule has 1 N–H and O–H groups in total. The second-order valence-corrected chi connectivity index (χ2v) is 3.45. The molecule has 1 atom stereocenters. The van der Waals surface area contributed by atoms with Crippen molar-refractivity contribution in [1.82, 2.24) is 10.0 Å². The Hall–Kier alpha value is -0.120. The average molecular weight is 158 g/mol. The lowest BCUT2D eigenvalue weighted by Crippen LogP contribution is -2.44. The Morgan fingerprint density at radius 2 is 2.27 bits per heavy atom. The van der Waals surface area contributed by atoms with Crippen LogP contribution in [0.4, 0.5) is 0 Å². The minimum absolute atomic E-state index is 0.338. The molecule has 1 fully saturated rings. The molecular weight excluding hydrogens is 140 g/mol. The first kappa shape index (κ1) is 8.97. The highest BCUT2D eigenvalue weighted by Crippen LogP contribution is 2.15. The summed E-state index contributed by atoms with van der Waals surface area (Å²) in [4.78, 5) is 0. The number of piperidine rings is 1. The van der Waals surface area contributed by atoms with Gasteiger partial charge in [0.25, 0.3) is 0 Å². The largest absolute Gasteiger partial charge is 0.396 e. The Labute approximate surface area is 68.6 Å². The van der Waals surface area contributed by atoms with E-state index in [1.165, 1.54) is 12.8 Å². The van der Waals surface area contributed by atoms with E-state index in [1.807, 2.05) is 0 Å². The molecule has 0 aromatic carbocycles. The molecule has 0 aromatic heterocycles. The second kappa shape index (κ2) is 4.04. The summed E-state index contributed by atoms with van der Waals surface area (Å²) < 4.78 is 0. The van der Waals surface area contributed by atoms with Crippen LogP contribution in [0.1, 0.15) is 12.8 Å². The lowest BCUT2D eigenvalue weighted by Gasteiger charge is -2.35. The van der Waals surface area contributed by atoms with Gasteiger partial charge < -0.3 is 5.11 Å². The quantitative estimate of drug-likeness (QED) is 0.620. The van der Waals surface area contributed by atoms with Gasteiger partial charge in [-0.3, -0.25) is 0 Å². The zero-order chi connectivity index (χ0) is 8.27. The summed E-state index contributed by atoms with van der Waals surface area (Å²) in [5.74, 6) is 0.492. The minimum Gasteiger partial charge on any atom is -0.396 e. The summed E-state index contributed by atoms with van der Waals surface area (Å²) >= 11 is 0. The fourth-order valence-electron chi connectivity index (χ4n) is 1.56. The normalized spacial score (nSPS) is 27.8. The maximum Gasteiger partial charge on any atom is 0.0472 e. The molecular formula is C8H18N2O. The molecule has 0 aromatic rings. The molecule has 3 heteroatoms. The highest BCUT2D eigenvalue weighted by atomic mass is 16.3. The van der Waals surface area contributed by atoms with E-state index in [9.17, 15) is 0 Å². The molecule has 0 unspecified atom stereocenters. The van der Waals surface area contributed by atoms with E-state index < -0.39 is 0 Å². The summed E-state index contributed by atoms with van der Waals surface area (Å²) in [5.41, 5.74) is 0. The predicted octanol–water partition coefficient (Wildman–Crippen LogP) is 0.167. The first-order valence-electron chi connectivity index (χ1n) is 4.27. The van der Waals surface area contributed by atoms with Crippen molar-refractivity contribution in [2.24, 2.45) is 5.92 Å². The van der Waals surface area contributed by atoms with E-state index in [1.54, 1.807) is 0 Å². The molecule has 0 radical (unpaired) electrons. The number of rotatable bonds is 2. The predicted molar refractivity (Wildman–Crippen MR) is 45.1 cm³/mol. The van der Waals surface area contributed by atoms with Gasteiger partial charge in [0.2, 0.25) is 0 Å². The molecule has 3 nitrogen and oxygen atoms in total. The van der Waals surface area contributed by atoms with Crippen molar-refractivity contribution < 1.29 is 5.11 Å². The molecule has 66 valence electrons. The van der Waals surface area contributed by atoms with Crippen LogP contribution in [0.5, 0.6) is 0 Å². The topological polar surface area (TPSA) is 26.7 Å². The fourth-order valence-corrected chi connectivity index (χ4v) is 1.56. The van der Waals surface area contributed by atoms with Crippen LogP contribution in [0.15, 0.2) is 0 Å². The third-order valence-electron chi connectivity index (χ3n) is 2.32. The molecule has 0 saturated carbocycles. The summed E-state index contributed by atoms with van der Waals surface area (Å²) in [6.07, 6.45) is 2.39. The maximum atomic E-state index is 8.95. The van der Waals surface area contributed by atoms with Crippen LogP contribution < -0.4 is 0 Å². The smallest absolute Gasteiger partial charge is 0.0472 e. The molecule has 1 saturated heterocycles. The van der Waals surface area contributed by atoms with Gasteiger partial charge in [-0.25, -0.2) is 10.0 Å². The molecule has 11 heavy (non-hydrogen) atoms. The Bertz CT molecular complexity index is 117. The summed E-state index contributed by atoms with van der Waals surface area (Å²) in [7, 11) is 4.11. The molecule has 0 bridgehead atoms. The minimum atomic E-state index is 0.338. The van der Waals surface area contributed by atoms with Crippen molar-refractivity contribution in [3.05, 3.63) is 0 Å². The molecule has 0 spiro atoms. The van der Waals surface area contributed by atoms with Crippen LogP contribution in [-0.2, 0) is 0 Å². The van der Waals surface area contributed by atoms with Crippen LogP contribution >= 0.6 is 0 Å². The van der Waals surface area contributed by atoms with Crippen molar-refractivity contribution in [2.45, 2.75) is 12.8 Å². The SMILES string of the molecule is CN(C)N1CCC[C@@H](CO)C1. The zero-order valence-corrected chi connectivity index (χ0v) is 7.45. The Morgan fingerprint density at radius 3 is 2.82 bits per heavy atom.